The van der Waals surface area contributed by atoms with Crippen molar-refractivity contribution in [3.05, 3.63) is 0 Å². The SMILES string of the molecule is COCC(NC1CSCCC1(C)C)C(C)C. The number of ether oxygens (including phenoxy) is 1. The number of nitrogens with one attached hydrogen (secondary N) is 1. The van der Waals surface area contributed by atoms with E-state index in [0.717, 1.165) is 6.61 Å². The highest BCUT2D eigenvalue weighted by atomic mass is 32.2. The maximum atomic E-state index is 5.31. The van der Waals surface area contributed by atoms with Crippen molar-refractivity contribution in [1.29, 1.82) is 0 Å². The van der Waals surface area contributed by atoms with Gasteiger partial charge in [0.1, 0.15) is 0 Å². The molecule has 2 unspecified atom stereocenters. The van der Waals surface area contributed by atoms with Crippen molar-refractivity contribution in [2.24, 2.45) is 11.3 Å². The first-order valence-electron chi connectivity index (χ1n) is 6.30. The molecular formula is C13H27NOS. The summed E-state index contributed by atoms with van der Waals surface area (Å²) in [5.74, 6) is 3.17. The zero-order valence-corrected chi connectivity index (χ0v) is 12.2. The fourth-order valence-corrected chi connectivity index (χ4v) is 3.70. The van der Waals surface area contributed by atoms with Crippen LogP contribution in [0, 0.1) is 11.3 Å². The smallest absolute Gasteiger partial charge is 0.0618 e. The zero-order chi connectivity index (χ0) is 12.2. The van der Waals surface area contributed by atoms with Gasteiger partial charge in [-0.15, -0.1) is 0 Å². The van der Waals surface area contributed by atoms with Gasteiger partial charge in [0, 0.05) is 24.9 Å². The largest absolute Gasteiger partial charge is 0.383 e. The molecule has 3 heteroatoms. The summed E-state index contributed by atoms with van der Waals surface area (Å²) in [4.78, 5) is 0. The van der Waals surface area contributed by atoms with E-state index in [0.29, 0.717) is 23.4 Å². The lowest BCUT2D eigenvalue weighted by Gasteiger charge is -2.41. The average molecular weight is 245 g/mol. The van der Waals surface area contributed by atoms with Gasteiger partial charge in [-0.25, -0.2) is 0 Å². The lowest BCUT2D eigenvalue weighted by atomic mass is 9.81. The van der Waals surface area contributed by atoms with Gasteiger partial charge < -0.3 is 10.1 Å². The number of hydrogen-bond acceptors (Lipinski definition) is 3. The fourth-order valence-electron chi connectivity index (χ4n) is 2.08. The third kappa shape index (κ3) is 3.94. The van der Waals surface area contributed by atoms with Crippen molar-refractivity contribution in [1.82, 2.24) is 5.32 Å². The quantitative estimate of drug-likeness (QED) is 0.805. The summed E-state index contributed by atoms with van der Waals surface area (Å²) < 4.78 is 5.31. The summed E-state index contributed by atoms with van der Waals surface area (Å²) in [5.41, 5.74) is 0.423. The van der Waals surface area contributed by atoms with Crippen LogP contribution in [0.4, 0.5) is 0 Å². The molecule has 1 heterocycles. The van der Waals surface area contributed by atoms with Crippen LogP contribution in [-0.2, 0) is 4.74 Å². The Balaban J connectivity index is 2.55. The van der Waals surface area contributed by atoms with E-state index in [4.69, 9.17) is 4.74 Å². The van der Waals surface area contributed by atoms with Crippen LogP contribution in [0.5, 0.6) is 0 Å². The highest BCUT2D eigenvalue weighted by Crippen LogP contribution is 2.34. The molecule has 0 aromatic rings. The molecule has 0 radical (unpaired) electrons. The number of thioether (sulfide) groups is 1. The van der Waals surface area contributed by atoms with Crippen molar-refractivity contribution in [3.8, 4) is 0 Å². The number of rotatable bonds is 5. The predicted octanol–water partition coefficient (Wildman–Crippen LogP) is 2.78. The molecule has 0 aliphatic carbocycles. The van der Waals surface area contributed by atoms with Crippen LogP contribution in [0.25, 0.3) is 0 Å². The maximum absolute atomic E-state index is 5.31. The maximum Gasteiger partial charge on any atom is 0.0618 e. The Morgan fingerprint density at radius 1 is 1.44 bits per heavy atom. The van der Waals surface area contributed by atoms with Gasteiger partial charge in [0.05, 0.1) is 6.61 Å². The molecule has 0 bridgehead atoms. The molecule has 1 saturated heterocycles. The Labute approximate surface area is 105 Å². The monoisotopic (exact) mass is 245 g/mol. The van der Waals surface area contributed by atoms with E-state index in [2.05, 4.69) is 44.8 Å². The zero-order valence-electron chi connectivity index (χ0n) is 11.4. The van der Waals surface area contributed by atoms with E-state index in [1.807, 2.05) is 0 Å². The Hall–Kier alpha value is 0.270. The molecule has 1 fully saturated rings. The van der Waals surface area contributed by atoms with Crippen LogP contribution in [0.15, 0.2) is 0 Å². The minimum Gasteiger partial charge on any atom is -0.383 e. The minimum absolute atomic E-state index is 0.423. The van der Waals surface area contributed by atoms with Gasteiger partial charge >= 0.3 is 0 Å². The summed E-state index contributed by atoms with van der Waals surface area (Å²) in [5, 5.41) is 3.80. The molecule has 0 saturated carbocycles. The van der Waals surface area contributed by atoms with Gasteiger partial charge in [-0.1, -0.05) is 27.7 Å². The van der Waals surface area contributed by atoms with E-state index in [1.165, 1.54) is 17.9 Å². The topological polar surface area (TPSA) is 21.3 Å². The second-order valence-electron chi connectivity index (χ2n) is 5.84. The molecule has 1 aliphatic heterocycles. The van der Waals surface area contributed by atoms with Crippen molar-refractivity contribution in [2.75, 3.05) is 25.2 Å². The Morgan fingerprint density at radius 3 is 2.62 bits per heavy atom. The van der Waals surface area contributed by atoms with Crippen LogP contribution < -0.4 is 5.32 Å². The summed E-state index contributed by atoms with van der Waals surface area (Å²) in [7, 11) is 1.79. The van der Waals surface area contributed by atoms with Gasteiger partial charge in [-0.2, -0.15) is 11.8 Å². The number of methoxy groups -OCH3 is 1. The first-order valence-corrected chi connectivity index (χ1v) is 7.45. The second kappa shape index (κ2) is 6.27. The van der Waals surface area contributed by atoms with Gasteiger partial charge in [0.15, 0.2) is 0 Å². The van der Waals surface area contributed by atoms with E-state index >= 15 is 0 Å². The summed E-state index contributed by atoms with van der Waals surface area (Å²) >= 11 is 2.07. The molecule has 1 rings (SSSR count). The first-order chi connectivity index (χ1) is 7.47. The highest BCUT2D eigenvalue weighted by Gasteiger charge is 2.34. The summed E-state index contributed by atoms with van der Waals surface area (Å²) in [6.45, 7) is 10.1. The van der Waals surface area contributed by atoms with Crippen LogP contribution >= 0.6 is 11.8 Å². The minimum atomic E-state index is 0.423. The lowest BCUT2D eigenvalue weighted by Crippen LogP contribution is -2.53. The predicted molar refractivity (Wildman–Crippen MR) is 73.1 cm³/mol. The van der Waals surface area contributed by atoms with E-state index in [-0.39, 0.29) is 0 Å². The van der Waals surface area contributed by atoms with Gasteiger partial charge in [0.25, 0.3) is 0 Å². The molecule has 2 atom stereocenters. The standard InChI is InChI=1S/C13H27NOS/c1-10(2)11(8-15-5)14-12-9-16-7-6-13(12,3)4/h10-12,14H,6-9H2,1-5H3. The molecule has 0 aromatic carbocycles. The molecule has 1 N–H and O–H groups in total. The lowest BCUT2D eigenvalue weighted by molar-refractivity contribution is 0.122. The van der Waals surface area contributed by atoms with E-state index in [9.17, 15) is 0 Å². The number of hydrogen-bond donors (Lipinski definition) is 1. The molecule has 2 nitrogen and oxygen atoms in total. The summed E-state index contributed by atoms with van der Waals surface area (Å²) in [6, 6.07) is 1.10. The van der Waals surface area contributed by atoms with E-state index < -0.39 is 0 Å². The molecule has 1 aliphatic rings. The highest BCUT2D eigenvalue weighted by molar-refractivity contribution is 7.99. The van der Waals surface area contributed by atoms with Gasteiger partial charge in [-0.3, -0.25) is 0 Å². The Bertz CT molecular complexity index is 206. The summed E-state index contributed by atoms with van der Waals surface area (Å²) in [6.07, 6.45) is 1.31. The van der Waals surface area contributed by atoms with Crippen molar-refractivity contribution < 1.29 is 4.74 Å². The molecular weight excluding hydrogens is 218 g/mol. The van der Waals surface area contributed by atoms with E-state index in [1.54, 1.807) is 7.11 Å². The fraction of sp³-hybridized carbons (Fsp3) is 1.00. The van der Waals surface area contributed by atoms with Crippen LogP contribution in [0.3, 0.4) is 0 Å². The Morgan fingerprint density at radius 2 is 2.12 bits per heavy atom. The first kappa shape index (κ1) is 14.3. The Kier molecular flexibility index (Phi) is 5.62. The van der Waals surface area contributed by atoms with Gasteiger partial charge in [-0.05, 0) is 23.5 Å². The van der Waals surface area contributed by atoms with Crippen LogP contribution in [0.2, 0.25) is 0 Å². The van der Waals surface area contributed by atoms with Crippen molar-refractivity contribution in [2.45, 2.75) is 46.2 Å². The van der Waals surface area contributed by atoms with Crippen molar-refractivity contribution >= 4 is 11.8 Å². The average Bonchev–Trinajstić information content (AvgIpc) is 2.19. The third-order valence-corrected chi connectivity index (χ3v) is 4.75. The molecule has 16 heavy (non-hydrogen) atoms. The molecule has 96 valence electrons. The second-order valence-corrected chi connectivity index (χ2v) is 6.99. The molecule has 0 amide bonds. The normalized spacial score (nSPS) is 27.0. The van der Waals surface area contributed by atoms with Crippen molar-refractivity contribution in [3.63, 3.8) is 0 Å². The van der Waals surface area contributed by atoms with Crippen LogP contribution in [0.1, 0.15) is 34.1 Å². The molecule has 0 aromatic heterocycles. The molecule has 0 spiro atoms. The van der Waals surface area contributed by atoms with Crippen LogP contribution in [-0.4, -0.2) is 37.3 Å². The van der Waals surface area contributed by atoms with Gasteiger partial charge in [0.2, 0.25) is 0 Å². The third-order valence-electron chi connectivity index (χ3n) is 3.68.